The first-order valence-corrected chi connectivity index (χ1v) is 8.24. The molecule has 1 N–H and O–H groups in total. The maximum atomic E-state index is 12.8. The van der Waals surface area contributed by atoms with Crippen molar-refractivity contribution >= 4 is 17.4 Å². The van der Waals surface area contributed by atoms with E-state index in [0.29, 0.717) is 6.42 Å². The van der Waals surface area contributed by atoms with E-state index in [1.54, 1.807) is 18.2 Å². The molecule has 2 aromatic carbocycles. The number of nitro groups is 1. The number of carbonyl (C=O) groups excluding carboxylic acids is 1. The van der Waals surface area contributed by atoms with E-state index in [1.807, 2.05) is 6.92 Å². The van der Waals surface area contributed by atoms with Crippen LogP contribution >= 0.6 is 0 Å². The summed E-state index contributed by atoms with van der Waals surface area (Å²) in [5.41, 5.74) is -0.851. The lowest BCUT2D eigenvalue weighted by molar-refractivity contribution is -0.385. The van der Waals surface area contributed by atoms with Crippen molar-refractivity contribution in [3.63, 3.8) is 0 Å². The molecule has 0 aliphatic heterocycles. The van der Waals surface area contributed by atoms with Crippen molar-refractivity contribution in [1.29, 1.82) is 0 Å². The van der Waals surface area contributed by atoms with Crippen molar-refractivity contribution in [2.75, 3.05) is 6.61 Å². The molecule has 7 heteroatoms. The first-order chi connectivity index (χ1) is 12.5. The molecule has 0 saturated carbocycles. The van der Waals surface area contributed by atoms with Crippen LogP contribution in [0.1, 0.15) is 52.5 Å². The Morgan fingerprint density at radius 2 is 1.81 bits per heavy atom. The number of nitro benzene ring substituents is 1. The van der Waals surface area contributed by atoms with E-state index in [-0.39, 0.29) is 29.0 Å². The van der Waals surface area contributed by atoms with E-state index in [0.717, 1.165) is 25.0 Å². The Morgan fingerprint density at radius 1 is 1.12 bits per heavy atom. The fourth-order valence-electron chi connectivity index (χ4n) is 2.48. The predicted molar refractivity (Wildman–Crippen MR) is 95.0 cm³/mol. The van der Waals surface area contributed by atoms with Gasteiger partial charge in [-0.05, 0) is 12.5 Å². The number of hydrogen-bond donors (Lipinski definition) is 1. The van der Waals surface area contributed by atoms with Crippen LogP contribution in [0.25, 0.3) is 0 Å². The lowest BCUT2D eigenvalue weighted by Crippen LogP contribution is -2.12. The standard InChI is InChI=1S/C19H19NO6/c1-2-3-7-10-26-16-12-14(19(22)23)11-15(20(24)25)17(16)18(21)13-8-5-4-6-9-13/h4-6,8-9,11-12H,2-3,7,10H2,1H3,(H,22,23). The normalized spacial score (nSPS) is 10.3. The highest BCUT2D eigenvalue weighted by molar-refractivity contribution is 6.14. The molecule has 26 heavy (non-hydrogen) atoms. The number of rotatable bonds is 9. The molecule has 2 rings (SSSR count). The first-order valence-electron chi connectivity index (χ1n) is 8.24. The van der Waals surface area contributed by atoms with E-state index in [1.165, 1.54) is 12.1 Å². The molecule has 0 unspecified atom stereocenters. The van der Waals surface area contributed by atoms with Crippen LogP contribution in [-0.2, 0) is 0 Å². The van der Waals surface area contributed by atoms with E-state index >= 15 is 0 Å². The molecule has 2 aromatic rings. The van der Waals surface area contributed by atoms with Gasteiger partial charge in [0.1, 0.15) is 11.3 Å². The molecule has 0 heterocycles. The quantitative estimate of drug-likeness (QED) is 0.313. The third-order valence-electron chi connectivity index (χ3n) is 3.79. The lowest BCUT2D eigenvalue weighted by atomic mass is 9.98. The SMILES string of the molecule is CCCCCOc1cc(C(=O)O)cc([N+](=O)[O-])c1C(=O)c1ccccc1. The fraction of sp³-hybridized carbons (Fsp3) is 0.263. The number of unbranched alkanes of at least 4 members (excludes halogenated alkanes) is 2. The summed E-state index contributed by atoms with van der Waals surface area (Å²) in [6.07, 6.45) is 2.54. The molecule has 0 aliphatic rings. The Kier molecular flexibility index (Phi) is 6.43. The third kappa shape index (κ3) is 4.44. The first kappa shape index (κ1) is 19.1. The fourth-order valence-corrected chi connectivity index (χ4v) is 2.48. The highest BCUT2D eigenvalue weighted by Crippen LogP contribution is 2.33. The van der Waals surface area contributed by atoms with Gasteiger partial charge < -0.3 is 9.84 Å². The van der Waals surface area contributed by atoms with Crippen molar-refractivity contribution in [2.24, 2.45) is 0 Å². The van der Waals surface area contributed by atoms with Crippen molar-refractivity contribution in [1.82, 2.24) is 0 Å². The van der Waals surface area contributed by atoms with Gasteiger partial charge in [0.05, 0.1) is 17.1 Å². The summed E-state index contributed by atoms with van der Waals surface area (Å²) in [7, 11) is 0. The van der Waals surface area contributed by atoms with E-state index in [2.05, 4.69) is 0 Å². The van der Waals surface area contributed by atoms with E-state index in [4.69, 9.17) is 4.74 Å². The van der Waals surface area contributed by atoms with Crippen LogP contribution in [-0.4, -0.2) is 28.4 Å². The van der Waals surface area contributed by atoms with Crippen molar-refractivity contribution < 1.29 is 24.4 Å². The van der Waals surface area contributed by atoms with Gasteiger partial charge >= 0.3 is 5.97 Å². The molecule has 0 aliphatic carbocycles. The maximum absolute atomic E-state index is 12.8. The van der Waals surface area contributed by atoms with Crippen LogP contribution in [0.15, 0.2) is 42.5 Å². The summed E-state index contributed by atoms with van der Waals surface area (Å²) in [4.78, 5) is 34.8. The average molecular weight is 357 g/mol. The zero-order valence-electron chi connectivity index (χ0n) is 14.3. The molecule has 0 amide bonds. The summed E-state index contributed by atoms with van der Waals surface area (Å²) in [5, 5.41) is 20.7. The van der Waals surface area contributed by atoms with Gasteiger partial charge in [0.15, 0.2) is 0 Å². The molecule has 0 saturated heterocycles. The van der Waals surface area contributed by atoms with Gasteiger partial charge in [-0.25, -0.2) is 4.79 Å². The Balaban J connectivity index is 2.55. The molecule has 7 nitrogen and oxygen atoms in total. The van der Waals surface area contributed by atoms with Gasteiger partial charge in [-0.1, -0.05) is 50.1 Å². The monoisotopic (exact) mass is 357 g/mol. The molecule has 136 valence electrons. The summed E-state index contributed by atoms with van der Waals surface area (Å²) < 4.78 is 5.57. The topological polar surface area (TPSA) is 107 Å². The molecule has 0 aromatic heterocycles. The number of nitrogens with zero attached hydrogens (tertiary/aromatic N) is 1. The van der Waals surface area contributed by atoms with Gasteiger partial charge in [-0.3, -0.25) is 14.9 Å². The number of ether oxygens (including phenoxy) is 1. The number of carbonyl (C=O) groups is 2. The molecule has 0 spiro atoms. The van der Waals surface area contributed by atoms with Crippen molar-refractivity contribution in [3.8, 4) is 5.75 Å². The smallest absolute Gasteiger partial charge is 0.336 e. The Morgan fingerprint density at radius 3 is 2.38 bits per heavy atom. The van der Waals surface area contributed by atoms with Crippen LogP contribution in [0.4, 0.5) is 5.69 Å². The molecule has 0 fully saturated rings. The van der Waals surface area contributed by atoms with E-state index in [9.17, 15) is 24.8 Å². The summed E-state index contributed by atoms with van der Waals surface area (Å²) in [5.74, 6) is -1.99. The second kappa shape index (κ2) is 8.75. The van der Waals surface area contributed by atoms with Crippen molar-refractivity contribution in [2.45, 2.75) is 26.2 Å². The van der Waals surface area contributed by atoms with Gasteiger partial charge in [0, 0.05) is 11.6 Å². The largest absolute Gasteiger partial charge is 0.493 e. The highest BCUT2D eigenvalue weighted by Gasteiger charge is 2.29. The summed E-state index contributed by atoms with van der Waals surface area (Å²) >= 11 is 0. The second-order valence-electron chi connectivity index (χ2n) is 5.68. The van der Waals surface area contributed by atoms with Crippen LogP contribution < -0.4 is 4.74 Å². The highest BCUT2D eigenvalue weighted by atomic mass is 16.6. The van der Waals surface area contributed by atoms with Crippen molar-refractivity contribution in [3.05, 3.63) is 69.3 Å². The average Bonchev–Trinajstić information content (AvgIpc) is 2.64. The number of carboxylic acid groups (broad SMARTS) is 1. The number of hydrogen-bond acceptors (Lipinski definition) is 5. The summed E-state index contributed by atoms with van der Waals surface area (Å²) in [6.45, 7) is 2.25. The number of benzene rings is 2. The molecule has 0 atom stereocenters. The Labute approximate surface area is 150 Å². The van der Waals surface area contributed by atoms with Gasteiger partial charge in [-0.15, -0.1) is 0 Å². The molecule has 0 radical (unpaired) electrons. The molecular formula is C19H19NO6. The molecular weight excluding hydrogens is 338 g/mol. The van der Waals surface area contributed by atoms with Crippen LogP contribution in [0.5, 0.6) is 5.75 Å². The zero-order chi connectivity index (χ0) is 19.1. The van der Waals surface area contributed by atoms with Gasteiger partial charge in [0.25, 0.3) is 5.69 Å². The lowest BCUT2D eigenvalue weighted by Gasteiger charge is -2.12. The third-order valence-corrected chi connectivity index (χ3v) is 3.79. The summed E-state index contributed by atoms with van der Waals surface area (Å²) in [6, 6.07) is 10.1. The predicted octanol–water partition coefficient (Wildman–Crippen LogP) is 4.09. The van der Waals surface area contributed by atoms with Crippen LogP contribution in [0.3, 0.4) is 0 Å². The van der Waals surface area contributed by atoms with Gasteiger partial charge in [-0.2, -0.15) is 0 Å². The Hall–Kier alpha value is -3.22. The van der Waals surface area contributed by atoms with Gasteiger partial charge in [0.2, 0.25) is 5.78 Å². The Bertz CT molecular complexity index is 816. The van der Waals surface area contributed by atoms with Crippen LogP contribution in [0, 0.1) is 10.1 Å². The number of carboxylic acids is 1. The minimum Gasteiger partial charge on any atom is -0.493 e. The maximum Gasteiger partial charge on any atom is 0.336 e. The minimum absolute atomic E-state index is 0.0819. The number of aromatic carboxylic acids is 1. The zero-order valence-corrected chi connectivity index (χ0v) is 14.3. The minimum atomic E-state index is -1.33. The van der Waals surface area contributed by atoms with Crippen LogP contribution in [0.2, 0.25) is 0 Å². The number of ketones is 1. The second-order valence-corrected chi connectivity index (χ2v) is 5.68. The molecule has 0 bridgehead atoms. The van der Waals surface area contributed by atoms with E-state index < -0.39 is 22.4 Å².